The Morgan fingerprint density at radius 3 is 1.48 bits per heavy atom. The van der Waals surface area contributed by atoms with Gasteiger partial charge in [0.25, 0.3) is 0 Å². The van der Waals surface area contributed by atoms with Crippen LogP contribution >= 0.6 is 0 Å². The molecule has 2 atom stereocenters. The fraction of sp³-hybridized carbons (Fsp3) is 0.238. The van der Waals surface area contributed by atoms with E-state index in [4.69, 9.17) is 18.9 Å². The number of allylic oxidation sites excluding steroid dienone is 4. The fourth-order valence-corrected chi connectivity index (χ4v) is 8.52. The molecule has 0 fully saturated rings. The molecule has 0 heterocycles. The third-order valence-corrected chi connectivity index (χ3v) is 13.2. The van der Waals surface area contributed by atoms with Crippen LogP contribution in [0.3, 0.4) is 0 Å². The van der Waals surface area contributed by atoms with Gasteiger partial charge in [0.1, 0.15) is 22.8 Å². The van der Waals surface area contributed by atoms with E-state index in [9.17, 15) is 19.2 Å². The SMILES string of the molecule is C=CCc1ccccc1OC(=O)c1cccc(C(=O)C(C)(CC)Oc2ccc(C(C)(C)c3ccc(OC(=O)c4cccc(C(=O)OC(C)(CC)c5ccccc5CC=C)c4)c(CC=C)c3)cc2CC=C)c1. The first-order chi connectivity index (χ1) is 34.0. The van der Waals surface area contributed by atoms with Gasteiger partial charge in [0, 0.05) is 11.0 Å². The highest BCUT2D eigenvalue weighted by molar-refractivity contribution is 6.04. The Morgan fingerprint density at radius 2 is 0.915 bits per heavy atom. The van der Waals surface area contributed by atoms with Crippen molar-refractivity contribution in [2.75, 3.05) is 0 Å². The minimum atomic E-state index is -1.28. The van der Waals surface area contributed by atoms with Gasteiger partial charge in [0.05, 0.1) is 16.7 Å². The van der Waals surface area contributed by atoms with Crippen molar-refractivity contribution in [1.29, 1.82) is 0 Å². The van der Waals surface area contributed by atoms with E-state index >= 15 is 0 Å². The van der Waals surface area contributed by atoms with Crippen molar-refractivity contribution < 1.29 is 38.1 Å². The summed E-state index contributed by atoms with van der Waals surface area (Å²) in [6.07, 6.45) is 10.1. The largest absolute Gasteiger partial charge is 0.479 e. The molecule has 0 aliphatic heterocycles. The van der Waals surface area contributed by atoms with E-state index in [-0.39, 0.29) is 22.5 Å². The predicted molar refractivity (Wildman–Crippen MR) is 283 cm³/mol. The van der Waals surface area contributed by atoms with E-state index in [2.05, 4.69) is 46.2 Å². The van der Waals surface area contributed by atoms with Gasteiger partial charge in [-0.15, -0.1) is 26.3 Å². The van der Waals surface area contributed by atoms with Gasteiger partial charge in [-0.2, -0.15) is 0 Å². The van der Waals surface area contributed by atoms with E-state index in [0.29, 0.717) is 61.3 Å². The number of Topliss-reactive ketones (excluding diaryl/α,β-unsaturated/α-hetero) is 1. The number of hydrogen-bond donors (Lipinski definition) is 0. The summed E-state index contributed by atoms with van der Waals surface area (Å²) in [5.41, 5.74) is 4.55. The summed E-state index contributed by atoms with van der Waals surface area (Å²) in [6, 6.07) is 39.7. The molecule has 0 amide bonds. The molecule has 0 saturated carbocycles. The number of para-hydroxylation sites is 1. The van der Waals surface area contributed by atoms with Crippen molar-refractivity contribution in [1.82, 2.24) is 0 Å². The van der Waals surface area contributed by atoms with Crippen LogP contribution in [0, 0.1) is 0 Å². The standard InChI is InChI=1S/C63H64O8/c1-11-23-43-27-17-19-33-53(43)62(9,15-5)71-60(67)50-32-22-31-49(40-50)59(66)69-55-37-35-51(41-45(55)25-13-3)61(7,8)52-36-38-56(46(42-52)26-14-4)70-63(10,16-6)57(64)47-29-21-30-48(39-47)58(65)68-54-34-20-18-28-44(54)24-12-2/h11-14,17-22,27-42H,1-4,15-16,23-26H2,5-10H3. The first-order valence-corrected chi connectivity index (χ1v) is 24.0. The number of hydrogen-bond acceptors (Lipinski definition) is 8. The van der Waals surface area contributed by atoms with Gasteiger partial charge in [-0.3, -0.25) is 4.79 Å². The van der Waals surface area contributed by atoms with Crippen molar-refractivity contribution in [3.63, 3.8) is 0 Å². The van der Waals surface area contributed by atoms with Gasteiger partial charge < -0.3 is 18.9 Å². The van der Waals surface area contributed by atoms with E-state index in [1.54, 1.807) is 85.8 Å². The zero-order chi connectivity index (χ0) is 51.3. The zero-order valence-electron chi connectivity index (χ0n) is 41.8. The molecule has 0 N–H and O–H groups in total. The molecule has 6 rings (SSSR count). The maximum atomic E-state index is 14.3. The number of ether oxygens (including phenoxy) is 4. The molecule has 2 unspecified atom stereocenters. The Morgan fingerprint density at radius 1 is 0.465 bits per heavy atom. The van der Waals surface area contributed by atoms with Crippen LogP contribution in [0.5, 0.6) is 17.2 Å². The Kier molecular flexibility index (Phi) is 17.1. The van der Waals surface area contributed by atoms with Crippen molar-refractivity contribution >= 4 is 23.7 Å². The molecule has 6 aromatic rings. The quantitative estimate of drug-likeness (QED) is 0.0271. The second kappa shape index (κ2) is 23.2. The zero-order valence-corrected chi connectivity index (χ0v) is 41.8. The highest BCUT2D eigenvalue weighted by Gasteiger charge is 2.37. The van der Waals surface area contributed by atoms with Crippen LogP contribution in [0.15, 0.2) is 184 Å². The minimum absolute atomic E-state index is 0.201. The minimum Gasteiger partial charge on any atom is -0.479 e. The third kappa shape index (κ3) is 12.1. The van der Waals surface area contributed by atoms with Crippen LogP contribution in [-0.4, -0.2) is 29.3 Å². The molecule has 0 spiro atoms. The van der Waals surface area contributed by atoms with E-state index in [0.717, 1.165) is 38.9 Å². The summed E-state index contributed by atoms with van der Waals surface area (Å²) in [7, 11) is 0. The van der Waals surface area contributed by atoms with Crippen LogP contribution in [0.2, 0.25) is 0 Å². The monoisotopic (exact) mass is 948 g/mol. The normalized spacial score (nSPS) is 12.8. The summed E-state index contributed by atoms with van der Waals surface area (Å²) in [5, 5.41) is 0. The first kappa shape index (κ1) is 52.5. The lowest BCUT2D eigenvalue weighted by atomic mass is 9.76. The van der Waals surface area contributed by atoms with Gasteiger partial charge in [0.2, 0.25) is 5.78 Å². The molecule has 0 bridgehead atoms. The maximum Gasteiger partial charge on any atom is 0.343 e. The van der Waals surface area contributed by atoms with Gasteiger partial charge in [-0.05, 0) is 140 Å². The van der Waals surface area contributed by atoms with Crippen LogP contribution < -0.4 is 14.2 Å². The summed E-state index contributed by atoms with van der Waals surface area (Å²) in [4.78, 5) is 55.1. The van der Waals surface area contributed by atoms with E-state index in [1.807, 2.05) is 87.5 Å². The number of ketones is 1. The third-order valence-electron chi connectivity index (χ3n) is 13.2. The summed E-state index contributed by atoms with van der Waals surface area (Å²) in [5.74, 6) is -0.682. The van der Waals surface area contributed by atoms with Crippen LogP contribution in [0.25, 0.3) is 0 Å². The predicted octanol–water partition coefficient (Wildman–Crippen LogP) is 14.3. The topological polar surface area (TPSA) is 105 Å². The van der Waals surface area contributed by atoms with Gasteiger partial charge in [-0.1, -0.05) is 137 Å². The lowest BCUT2D eigenvalue weighted by Gasteiger charge is -2.31. The summed E-state index contributed by atoms with van der Waals surface area (Å²) < 4.78 is 24.6. The molecule has 364 valence electrons. The average Bonchev–Trinajstić information content (AvgIpc) is 3.38. The Bertz CT molecular complexity index is 2970. The van der Waals surface area contributed by atoms with Gasteiger partial charge in [0.15, 0.2) is 5.60 Å². The van der Waals surface area contributed by atoms with E-state index in [1.165, 1.54) is 6.07 Å². The summed E-state index contributed by atoms with van der Waals surface area (Å²) >= 11 is 0. The Hall–Kier alpha value is -7.84. The number of benzene rings is 6. The average molecular weight is 949 g/mol. The molecular formula is C63H64O8. The van der Waals surface area contributed by atoms with Crippen molar-refractivity contribution in [3.05, 3.63) is 245 Å². The number of carbonyl (C=O) groups is 4. The van der Waals surface area contributed by atoms with Crippen molar-refractivity contribution in [3.8, 4) is 17.2 Å². The van der Waals surface area contributed by atoms with Crippen LogP contribution in [0.4, 0.5) is 0 Å². The lowest BCUT2D eigenvalue weighted by molar-refractivity contribution is -0.0144. The smallest absolute Gasteiger partial charge is 0.343 e. The molecule has 0 saturated heterocycles. The second-order valence-electron chi connectivity index (χ2n) is 18.4. The van der Waals surface area contributed by atoms with Crippen molar-refractivity contribution in [2.24, 2.45) is 0 Å². The molecule has 0 aliphatic carbocycles. The molecule has 0 aliphatic rings. The Balaban J connectivity index is 1.20. The number of rotatable bonds is 23. The van der Waals surface area contributed by atoms with Gasteiger partial charge >= 0.3 is 17.9 Å². The first-order valence-electron chi connectivity index (χ1n) is 24.0. The molecule has 8 nitrogen and oxygen atoms in total. The molecule has 71 heavy (non-hydrogen) atoms. The molecule has 0 aromatic heterocycles. The molecule has 8 heteroatoms. The van der Waals surface area contributed by atoms with Crippen molar-refractivity contribution in [2.45, 2.75) is 96.7 Å². The second-order valence-corrected chi connectivity index (χ2v) is 18.4. The number of carbonyl (C=O) groups excluding carboxylic acids is 4. The Labute approximate surface area is 419 Å². The van der Waals surface area contributed by atoms with Gasteiger partial charge in [-0.25, -0.2) is 14.4 Å². The number of esters is 3. The fourth-order valence-electron chi connectivity index (χ4n) is 8.52. The lowest BCUT2D eigenvalue weighted by Crippen LogP contribution is -2.41. The molecule has 6 aromatic carbocycles. The highest BCUT2D eigenvalue weighted by Crippen LogP contribution is 2.39. The van der Waals surface area contributed by atoms with Crippen LogP contribution in [-0.2, 0) is 41.4 Å². The van der Waals surface area contributed by atoms with E-state index < -0.39 is 34.5 Å². The summed E-state index contributed by atoms with van der Waals surface area (Å²) in [6.45, 7) is 27.4. The highest BCUT2D eigenvalue weighted by atomic mass is 16.6. The van der Waals surface area contributed by atoms with Crippen LogP contribution in [0.1, 0.15) is 135 Å². The molecule has 0 radical (unpaired) electrons. The maximum absolute atomic E-state index is 14.3. The molecular weight excluding hydrogens is 885 g/mol.